The molecule has 0 unspecified atom stereocenters. The van der Waals surface area contributed by atoms with Crippen molar-refractivity contribution in [3.8, 4) is 0 Å². The molecule has 19 heavy (non-hydrogen) atoms. The van der Waals surface area contributed by atoms with Gasteiger partial charge in [0, 0.05) is 11.6 Å². The van der Waals surface area contributed by atoms with E-state index in [0.717, 1.165) is 34.4 Å². The van der Waals surface area contributed by atoms with Gasteiger partial charge in [0.2, 0.25) is 5.91 Å². The van der Waals surface area contributed by atoms with Gasteiger partial charge in [-0.15, -0.1) is 0 Å². The van der Waals surface area contributed by atoms with Crippen molar-refractivity contribution < 1.29 is 4.79 Å². The Morgan fingerprint density at radius 1 is 1.32 bits per heavy atom. The summed E-state index contributed by atoms with van der Waals surface area (Å²) >= 11 is 1.49. The lowest BCUT2D eigenvalue weighted by Crippen LogP contribution is -2.21. The lowest BCUT2D eigenvalue weighted by atomic mass is 10.0. The van der Waals surface area contributed by atoms with E-state index in [1.54, 1.807) is 0 Å². The lowest BCUT2D eigenvalue weighted by Gasteiger charge is -2.10. The van der Waals surface area contributed by atoms with Crippen LogP contribution in [0.25, 0.3) is 10.3 Å². The fourth-order valence-corrected chi connectivity index (χ4v) is 3.02. The number of amides is 1. The summed E-state index contributed by atoms with van der Waals surface area (Å²) in [5, 5.41) is 3.55. The molecule has 4 nitrogen and oxygen atoms in total. The molecule has 0 aliphatic heterocycles. The summed E-state index contributed by atoms with van der Waals surface area (Å²) in [4.78, 5) is 20.8. The van der Waals surface area contributed by atoms with Crippen LogP contribution < -0.4 is 5.32 Å². The number of aromatic nitrogens is 2. The fourth-order valence-electron chi connectivity index (χ4n) is 2.14. The molecule has 0 spiro atoms. The first-order valence-electron chi connectivity index (χ1n) is 6.60. The summed E-state index contributed by atoms with van der Waals surface area (Å²) in [7, 11) is 0. The standard InChI is InChI=1S/C14H19N3OS/c1-5-10(6-2)13(18)17-14-16-12-11(19-14)8(3)7-9(4)15-12/h7,10H,5-6H2,1-4H3,(H,15,16,17,18). The Morgan fingerprint density at radius 2 is 2.00 bits per heavy atom. The van der Waals surface area contributed by atoms with Crippen LogP contribution in [0.2, 0.25) is 0 Å². The van der Waals surface area contributed by atoms with Gasteiger partial charge in [-0.1, -0.05) is 25.2 Å². The van der Waals surface area contributed by atoms with E-state index in [1.165, 1.54) is 11.3 Å². The molecule has 0 aliphatic carbocycles. The van der Waals surface area contributed by atoms with Gasteiger partial charge in [-0.05, 0) is 38.3 Å². The summed E-state index contributed by atoms with van der Waals surface area (Å²) in [5.74, 6) is 0.112. The maximum Gasteiger partial charge on any atom is 0.229 e. The summed E-state index contributed by atoms with van der Waals surface area (Å²) < 4.78 is 1.05. The van der Waals surface area contributed by atoms with Gasteiger partial charge in [0.15, 0.2) is 10.8 Å². The number of hydrogen-bond acceptors (Lipinski definition) is 4. The van der Waals surface area contributed by atoms with Crippen LogP contribution in [0.1, 0.15) is 37.9 Å². The predicted molar refractivity (Wildman–Crippen MR) is 79.6 cm³/mol. The first kappa shape index (κ1) is 13.9. The van der Waals surface area contributed by atoms with Gasteiger partial charge in [-0.2, -0.15) is 4.98 Å². The second-order valence-electron chi connectivity index (χ2n) is 4.75. The molecule has 2 aromatic heterocycles. The number of nitrogens with one attached hydrogen (secondary N) is 1. The molecule has 2 heterocycles. The van der Waals surface area contributed by atoms with Crippen molar-refractivity contribution in [2.75, 3.05) is 5.32 Å². The lowest BCUT2D eigenvalue weighted by molar-refractivity contribution is -0.120. The van der Waals surface area contributed by atoms with E-state index >= 15 is 0 Å². The third-order valence-corrected chi connectivity index (χ3v) is 4.36. The topological polar surface area (TPSA) is 54.9 Å². The molecule has 0 bridgehead atoms. The average molecular weight is 277 g/mol. The Kier molecular flexibility index (Phi) is 4.14. The molecule has 1 N–H and O–H groups in total. The predicted octanol–water partition coefficient (Wildman–Crippen LogP) is 3.68. The number of fused-ring (bicyclic) bond motifs is 1. The van der Waals surface area contributed by atoms with E-state index < -0.39 is 0 Å². The van der Waals surface area contributed by atoms with Crippen LogP contribution >= 0.6 is 11.3 Å². The number of nitrogens with zero attached hydrogens (tertiary/aromatic N) is 2. The van der Waals surface area contributed by atoms with Gasteiger partial charge in [-0.3, -0.25) is 4.79 Å². The number of thiazole rings is 1. The molecule has 1 amide bonds. The molecule has 0 aromatic carbocycles. The van der Waals surface area contributed by atoms with Crippen molar-refractivity contribution >= 4 is 32.7 Å². The summed E-state index contributed by atoms with van der Waals surface area (Å²) in [5.41, 5.74) is 2.83. The number of hydrogen-bond donors (Lipinski definition) is 1. The first-order valence-corrected chi connectivity index (χ1v) is 7.42. The number of carbonyl (C=O) groups is 1. The molecule has 0 atom stereocenters. The average Bonchev–Trinajstić information content (AvgIpc) is 2.73. The van der Waals surface area contributed by atoms with Crippen LogP contribution in [0, 0.1) is 19.8 Å². The number of carbonyl (C=O) groups excluding carboxylic acids is 1. The van der Waals surface area contributed by atoms with E-state index in [1.807, 2.05) is 33.8 Å². The second kappa shape index (κ2) is 5.65. The maximum atomic E-state index is 12.0. The van der Waals surface area contributed by atoms with Crippen molar-refractivity contribution in [2.45, 2.75) is 40.5 Å². The Bertz CT molecular complexity index is 602. The third kappa shape index (κ3) is 2.92. The van der Waals surface area contributed by atoms with Crippen LogP contribution in [-0.4, -0.2) is 15.9 Å². The van der Waals surface area contributed by atoms with Crippen LogP contribution in [0.4, 0.5) is 5.13 Å². The molecule has 2 rings (SSSR count). The minimum atomic E-state index is 0.0541. The molecular formula is C14H19N3OS. The van der Waals surface area contributed by atoms with Crippen molar-refractivity contribution in [3.63, 3.8) is 0 Å². The smallest absolute Gasteiger partial charge is 0.229 e. The molecule has 2 aromatic rings. The Hall–Kier alpha value is -1.49. The number of anilines is 1. The summed E-state index contributed by atoms with van der Waals surface area (Å²) in [6, 6.07) is 2.03. The molecule has 5 heteroatoms. The fraction of sp³-hybridized carbons (Fsp3) is 0.500. The highest BCUT2D eigenvalue weighted by molar-refractivity contribution is 7.22. The monoisotopic (exact) mass is 277 g/mol. The molecule has 0 aliphatic rings. The van der Waals surface area contributed by atoms with Crippen LogP contribution in [-0.2, 0) is 4.79 Å². The molecule has 0 saturated carbocycles. The molecular weight excluding hydrogens is 258 g/mol. The maximum absolute atomic E-state index is 12.0. The largest absolute Gasteiger partial charge is 0.302 e. The van der Waals surface area contributed by atoms with Gasteiger partial charge in [0.05, 0.1) is 4.70 Å². The van der Waals surface area contributed by atoms with E-state index in [-0.39, 0.29) is 11.8 Å². The molecule has 0 radical (unpaired) electrons. The first-order chi connectivity index (χ1) is 9.05. The Balaban J connectivity index is 2.27. The highest BCUT2D eigenvalue weighted by Crippen LogP contribution is 2.28. The highest BCUT2D eigenvalue weighted by Gasteiger charge is 2.16. The minimum Gasteiger partial charge on any atom is -0.302 e. The van der Waals surface area contributed by atoms with Crippen molar-refractivity contribution in [1.29, 1.82) is 0 Å². The molecule has 102 valence electrons. The zero-order valence-electron chi connectivity index (χ0n) is 11.8. The SMILES string of the molecule is CCC(CC)C(=O)Nc1nc2nc(C)cc(C)c2s1. The van der Waals surface area contributed by atoms with Gasteiger partial charge >= 0.3 is 0 Å². The summed E-state index contributed by atoms with van der Waals surface area (Å²) in [6.45, 7) is 8.05. The number of aryl methyl sites for hydroxylation is 2. The highest BCUT2D eigenvalue weighted by atomic mass is 32.1. The molecule has 0 fully saturated rings. The van der Waals surface area contributed by atoms with Crippen LogP contribution in [0.15, 0.2) is 6.07 Å². The van der Waals surface area contributed by atoms with Crippen LogP contribution in [0.5, 0.6) is 0 Å². The van der Waals surface area contributed by atoms with E-state index in [4.69, 9.17) is 0 Å². The Morgan fingerprint density at radius 3 is 2.63 bits per heavy atom. The zero-order valence-corrected chi connectivity index (χ0v) is 12.6. The normalized spacial score (nSPS) is 11.2. The number of pyridine rings is 1. The quantitative estimate of drug-likeness (QED) is 0.927. The number of rotatable bonds is 4. The zero-order chi connectivity index (χ0) is 14.0. The van der Waals surface area contributed by atoms with Gasteiger partial charge < -0.3 is 5.32 Å². The van der Waals surface area contributed by atoms with Crippen molar-refractivity contribution in [1.82, 2.24) is 9.97 Å². The minimum absolute atomic E-state index is 0.0541. The molecule has 0 saturated heterocycles. The van der Waals surface area contributed by atoms with Gasteiger partial charge in [-0.25, -0.2) is 4.98 Å². The summed E-state index contributed by atoms with van der Waals surface area (Å²) in [6.07, 6.45) is 1.70. The van der Waals surface area contributed by atoms with Gasteiger partial charge in [0.25, 0.3) is 0 Å². The van der Waals surface area contributed by atoms with Crippen molar-refractivity contribution in [2.24, 2.45) is 5.92 Å². The van der Waals surface area contributed by atoms with Crippen LogP contribution in [0.3, 0.4) is 0 Å². The Labute approximate surface area is 117 Å². The van der Waals surface area contributed by atoms with E-state index in [0.29, 0.717) is 5.13 Å². The van der Waals surface area contributed by atoms with E-state index in [2.05, 4.69) is 15.3 Å². The third-order valence-electron chi connectivity index (χ3n) is 3.26. The second-order valence-corrected chi connectivity index (χ2v) is 5.75. The van der Waals surface area contributed by atoms with Crippen molar-refractivity contribution in [3.05, 3.63) is 17.3 Å². The van der Waals surface area contributed by atoms with E-state index in [9.17, 15) is 4.79 Å². The van der Waals surface area contributed by atoms with Gasteiger partial charge in [0.1, 0.15) is 0 Å².